The van der Waals surface area contributed by atoms with E-state index in [4.69, 9.17) is 0 Å². The number of hydrogen-bond acceptors (Lipinski definition) is 5. The van der Waals surface area contributed by atoms with E-state index in [0.717, 1.165) is 51.6 Å². The van der Waals surface area contributed by atoms with E-state index in [-0.39, 0.29) is 24.3 Å². The van der Waals surface area contributed by atoms with E-state index >= 15 is 0 Å². The molecule has 3 rings (SSSR count). The summed E-state index contributed by atoms with van der Waals surface area (Å²) in [6, 6.07) is 1.25. The number of nitrogens with zero attached hydrogens (tertiary/aromatic N) is 3. The molecule has 7 nitrogen and oxygen atoms in total. The third-order valence-corrected chi connectivity index (χ3v) is 5.19. The van der Waals surface area contributed by atoms with Crippen LogP contribution in [0.4, 0.5) is 5.95 Å². The van der Waals surface area contributed by atoms with Crippen LogP contribution in [0.1, 0.15) is 61.9 Å². The summed E-state index contributed by atoms with van der Waals surface area (Å²) in [6.45, 7) is 1.82. The summed E-state index contributed by atoms with van der Waals surface area (Å²) < 4.78 is 0. The maximum atomic E-state index is 12.6. The molecule has 2 aliphatic rings. The van der Waals surface area contributed by atoms with Crippen LogP contribution in [-0.4, -0.2) is 46.1 Å². The van der Waals surface area contributed by atoms with E-state index in [1.54, 1.807) is 12.3 Å². The number of rotatable bonds is 6. The lowest BCUT2D eigenvalue weighted by Gasteiger charge is -2.30. The molecule has 1 aliphatic carbocycles. The highest BCUT2D eigenvalue weighted by molar-refractivity contribution is 5.93. The Bertz CT molecular complexity index is 610. The molecular formula is C18H26N4O3. The van der Waals surface area contributed by atoms with Crippen molar-refractivity contribution in [1.82, 2.24) is 15.3 Å². The monoisotopic (exact) mass is 346 g/mol. The highest BCUT2D eigenvalue weighted by Crippen LogP contribution is 2.28. The number of nitrogens with one attached hydrogen (secondary N) is 1. The zero-order valence-electron chi connectivity index (χ0n) is 14.5. The Morgan fingerprint density at radius 1 is 1.20 bits per heavy atom. The lowest BCUT2D eigenvalue weighted by molar-refractivity contribution is -0.137. The average Bonchev–Trinajstić information content (AvgIpc) is 3.16. The van der Waals surface area contributed by atoms with Crippen LogP contribution < -0.4 is 10.2 Å². The van der Waals surface area contributed by atoms with Crippen molar-refractivity contribution in [3.63, 3.8) is 0 Å². The highest BCUT2D eigenvalue weighted by Gasteiger charge is 2.28. The van der Waals surface area contributed by atoms with E-state index in [1.165, 1.54) is 6.42 Å². The van der Waals surface area contributed by atoms with Crippen molar-refractivity contribution < 1.29 is 14.7 Å². The van der Waals surface area contributed by atoms with Crippen molar-refractivity contribution >= 4 is 17.8 Å². The normalized spacial score (nSPS) is 19.6. The quantitative estimate of drug-likeness (QED) is 0.820. The van der Waals surface area contributed by atoms with Gasteiger partial charge in [0.05, 0.1) is 6.42 Å². The molecule has 1 aliphatic heterocycles. The van der Waals surface area contributed by atoms with Gasteiger partial charge in [0.25, 0.3) is 5.91 Å². The second-order valence-electron chi connectivity index (χ2n) is 7.01. The third kappa shape index (κ3) is 4.67. The van der Waals surface area contributed by atoms with Crippen molar-refractivity contribution in [3.05, 3.63) is 18.0 Å². The van der Waals surface area contributed by atoms with Crippen LogP contribution in [-0.2, 0) is 4.79 Å². The second-order valence-corrected chi connectivity index (χ2v) is 7.01. The Labute approximate surface area is 147 Å². The van der Waals surface area contributed by atoms with Gasteiger partial charge >= 0.3 is 5.97 Å². The first kappa shape index (κ1) is 17.6. The van der Waals surface area contributed by atoms with Crippen molar-refractivity contribution in [2.75, 3.05) is 18.0 Å². The fourth-order valence-corrected chi connectivity index (χ4v) is 3.85. The van der Waals surface area contributed by atoms with Crippen LogP contribution in [0.2, 0.25) is 0 Å². The minimum atomic E-state index is -0.878. The Kier molecular flexibility index (Phi) is 5.83. The van der Waals surface area contributed by atoms with E-state index in [1.807, 2.05) is 0 Å². The van der Waals surface area contributed by atoms with E-state index in [9.17, 15) is 14.7 Å². The molecule has 2 N–H and O–H groups in total. The van der Waals surface area contributed by atoms with Crippen LogP contribution >= 0.6 is 0 Å². The standard InChI is InChI=1S/C18H26N4O3/c23-16(24)12-15(13-6-2-1-3-7-13)20-17(25)14-8-9-19-18(21-14)22-10-4-5-11-22/h8-9,13,15H,1-7,10-12H2,(H,20,25)(H,23,24)/t15-/m0/s1. The topological polar surface area (TPSA) is 95.4 Å². The van der Waals surface area contributed by atoms with E-state index in [2.05, 4.69) is 20.2 Å². The average molecular weight is 346 g/mol. The van der Waals surface area contributed by atoms with Gasteiger partial charge < -0.3 is 15.3 Å². The molecule has 1 atom stereocenters. The SMILES string of the molecule is O=C(O)C[C@H](NC(=O)c1ccnc(N2CCCC2)n1)C1CCCCC1. The summed E-state index contributed by atoms with van der Waals surface area (Å²) in [6.07, 6.45) is 9.12. The predicted octanol–water partition coefficient (Wildman–Crippen LogP) is 2.23. The van der Waals surface area contributed by atoms with Gasteiger partial charge in [-0.3, -0.25) is 9.59 Å². The van der Waals surface area contributed by atoms with E-state index in [0.29, 0.717) is 11.6 Å². The second kappa shape index (κ2) is 8.27. The summed E-state index contributed by atoms with van der Waals surface area (Å²) >= 11 is 0. The van der Waals surface area contributed by atoms with Crippen LogP contribution in [0.25, 0.3) is 0 Å². The number of anilines is 1. The molecule has 0 spiro atoms. The molecule has 1 amide bonds. The zero-order chi connectivity index (χ0) is 17.6. The molecular weight excluding hydrogens is 320 g/mol. The van der Waals surface area contributed by atoms with Gasteiger partial charge in [-0.05, 0) is 37.7 Å². The molecule has 1 aromatic rings. The number of amides is 1. The predicted molar refractivity (Wildman–Crippen MR) is 93.6 cm³/mol. The molecule has 0 radical (unpaired) electrons. The Hall–Kier alpha value is -2.18. The summed E-state index contributed by atoms with van der Waals surface area (Å²) in [5.41, 5.74) is 0.308. The summed E-state index contributed by atoms with van der Waals surface area (Å²) in [5.74, 6) is -0.373. The fraction of sp³-hybridized carbons (Fsp3) is 0.667. The number of aliphatic carboxylic acids is 1. The number of hydrogen-bond donors (Lipinski definition) is 2. The van der Waals surface area contributed by atoms with Gasteiger partial charge in [-0.25, -0.2) is 9.97 Å². The Morgan fingerprint density at radius 3 is 2.60 bits per heavy atom. The maximum absolute atomic E-state index is 12.6. The van der Waals surface area contributed by atoms with E-state index < -0.39 is 5.97 Å². The van der Waals surface area contributed by atoms with Crippen LogP contribution in [0.3, 0.4) is 0 Å². The lowest BCUT2D eigenvalue weighted by atomic mass is 9.82. The molecule has 0 unspecified atom stereocenters. The zero-order valence-corrected chi connectivity index (χ0v) is 14.5. The van der Waals surface area contributed by atoms with Gasteiger partial charge in [-0.15, -0.1) is 0 Å². The van der Waals surface area contributed by atoms with Gasteiger partial charge in [0, 0.05) is 25.3 Å². The number of carboxylic acids is 1. The van der Waals surface area contributed by atoms with Gasteiger partial charge in [0.15, 0.2) is 0 Å². The number of carboxylic acid groups (broad SMARTS) is 1. The molecule has 2 heterocycles. The van der Waals surface area contributed by atoms with Crippen LogP contribution in [0.15, 0.2) is 12.3 Å². The summed E-state index contributed by atoms with van der Waals surface area (Å²) in [7, 11) is 0. The van der Waals surface area contributed by atoms with Crippen molar-refractivity contribution in [2.45, 2.75) is 57.4 Å². The number of aromatic nitrogens is 2. The smallest absolute Gasteiger partial charge is 0.305 e. The van der Waals surface area contributed by atoms with Gasteiger partial charge in [-0.1, -0.05) is 19.3 Å². The molecule has 1 saturated heterocycles. The Balaban J connectivity index is 1.69. The first-order valence-electron chi connectivity index (χ1n) is 9.24. The molecule has 0 bridgehead atoms. The van der Waals surface area contributed by atoms with Crippen LogP contribution in [0.5, 0.6) is 0 Å². The molecule has 0 aromatic carbocycles. The number of carbonyl (C=O) groups is 2. The minimum Gasteiger partial charge on any atom is -0.481 e. The molecule has 1 saturated carbocycles. The summed E-state index contributed by atoms with van der Waals surface area (Å²) in [5, 5.41) is 12.1. The molecule has 1 aromatic heterocycles. The maximum Gasteiger partial charge on any atom is 0.305 e. The Morgan fingerprint density at radius 2 is 1.92 bits per heavy atom. The lowest BCUT2D eigenvalue weighted by Crippen LogP contribution is -2.43. The minimum absolute atomic E-state index is 0.0412. The van der Waals surface area contributed by atoms with Crippen molar-refractivity contribution in [1.29, 1.82) is 0 Å². The molecule has 25 heavy (non-hydrogen) atoms. The number of carbonyl (C=O) groups excluding carboxylic acids is 1. The highest BCUT2D eigenvalue weighted by atomic mass is 16.4. The molecule has 136 valence electrons. The molecule has 7 heteroatoms. The van der Waals surface area contributed by atoms with Gasteiger partial charge in [-0.2, -0.15) is 0 Å². The fourth-order valence-electron chi connectivity index (χ4n) is 3.85. The van der Waals surface area contributed by atoms with Crippen molar-refractivity contribution in [2.24, 2.45) is 5.92 Å². The van der Waals surface area contributed by atoms with Gasteiger partial charge in [0.1, 0.15) is 5.69 Å². The third-order valence-electron chi connectivity index (χ3n) is 5.19. The molecule has 2 fully saturated rings. The van der Waals surface area contributed by atoms with Crippen molar-refractivity contribution in [3.8, 4) is 0 Å². The first-order chi connectivity index (χ1) is 12.1. The van der Waals surface area contributed by atoms with Crippen LogP contribution in [0, 0.1) is 5.92 Å². The summed E-state index contributed by atoms with van der Waals surface area (Å²) in [4.78, 5) is 34.6. The van der Waals surface area contributed by atoms with Gasteiger partial charge in [0.2, 0.25) is 5.95 Å². The largest absolute Gasteiger partial charge is 0.481 e. The first-order valence-corrected chi connectivity index (χ1v) is 9.24.